The maximum atomic E-state index is 12.3. The number of para-hydroxylation sites is 1. The Morgan fingerprint density at radius 2 is 2.09 bits per heavy atom. The number of benzene rings is 2. The molecule has 4 nitrogen and oxygen atoms in total. The number of halogens is 1. The lowest BCUT2D eigenvalue weighted by Gasteiger charge is -1.98. The third-order valence-corrected chi connectivity index (χ3v) is 4.00. The van der Waals surface area contributed by atoms with Crippen LogP contribution in [-0.4, -0.2) is 18.0 Å². The number of rotatable bonds is 4. The minimum Gasteiger partial charge on any atom is -0.507 e. The first-order valence-electron chi connectivity index (χ1n) is 6.86. The topological polar surface area (TPSA) is 59.7 Å². The second-order valence-corrected chi connectivity index (χ2v) is 5.75. The van der Waals surface area contributed by atoms with Crippen LogP contribution in [0.15, 0.2) is 57.4 Å². The van der Waals surface area contributed by atoms with Gasteiger partial charge in [0.05, 0.1) is 11.6 Å². The lowest BCUT2D eigenvalue weighted by Crippen LogP contribution is -1.90. The predicted molar refractivity (Wildman–Crippen MR) is 91.9 cm³/mol. The number of phenols is 1. The molecule has 3 rings (SSSR count). The van der Waals surface area contributed by atoms with E-state index in [-0.39, 0.29) is 17.3 Å². The number of carbonyl (C=O) groups excluding carboxylic acids is 1. The molecule has 0 unspecified atom stereocenters. The fraction of sp³-hybridized carbons (Fsp3) is 0.0556. The van der Waals surface area contributed by atoms with Gasteiger partial charge in [-0.05, 0) is 51.8 Å². The zero-order chi connectivity index (χ0) is 16.4. The van der Waals surface area contributed by atoms with Crippen LogP contribution in [0, 0.1) is 0 Å². The van der Waals surface area contributed by atoms with Gasteiger partial charge in [0.2, 0.25) is 5.78 Å². The van der Waals surface area contributed by atoms with Crippen molar-refractivity contribution in [3.05, 3.63) is 64.3 Å². The third kappa shape index (κ3) is 3.14. The zero-order valence-electron chi connectivity index (χ0n) is 12.2. The fourth-order valence-electron chi connectivity index (χ4n) is 2.20. The first-order valence-corrected chi connectivity index (χ1v) is 7.65. The van der Waals surface area contributed by atoms with Gasteiger partial charge in [-0.3, -0.25) is 4.79 Å². The van der Waals surface area contributed by atoms with Crippen LogP contribution < -0.4 is 4.74 Å². The Hall–Kier alpha value is -2.53. The number of carbonyl (C=O) groups is 1. The van der Waals surface area contributed by atoms with Crippen LogP contribution in [0.5, 0.6) is 11.5 Å². The molecule has 1 N–H and O–H groups in total. The normalized spacial score (nSPS) is 11.2. The summed E-state index contributed by atoms with van der Waals surface area (Å²) in [6, 6.07) is 12.2. The summed E-state index contributed by atoms with van der Waals surface area (Å²) in [5.41, 5.74) is 1.34. The van der Waals surface area contributed by atoms with Crippen molar-refractivity contribution in [1.82, 2.24) is 0 Å². The van der Waals surface area contributed by atoms with E-state index in [1.807, 2.05) is 12.1 Å². The third-order valence-electron chi connectivity index (χ3n) is 3.37. The number of hydrogen-bond donors (Lipinski definition) is 1. The molecule has 0 saturated carbocycles. The summed E-state index contributed by atoms with van der Waals surface area (Å²) in [5.74, 6) is 0.747. The minimum atomic E-state index is -0.243. The number of allylic oxidation sites excluding steroid dienone is 1. The molecule has 1 aromatic heterocycles. The molecule has 0 amide bonds. The number of aromatic hydroxyl groups is 1. The highest BCUT2D eigenvalue weighted by atomic mass is 79.9. The van der Waals surface area contributed by atoms with E-state index in [2.05, 4.69) is 15.9 Å². The van der Waals surface area contributed by atoms with Crippen molar-refractivity contribution >= 4 is 38.8 Å². The van der Waals surface area contributed by atoms with Crippen LogP contribution in [-0.2, 0) is 0 Å². The number of ketones is 1. The molecular formula is C18H13BrO4. The monoisotopic (exact) mass is 372 g/mol. The highest BCUT2D eigenvalue weighted by Gasteiger charge is 2.12. The van der Waals surface area contributed by atoms with Crippen LogP contribution >= 0.6 is 15.9 Å². The van der Waals surface area contributed by atoms with E-state index in [1.54, 1.807) is 43.5 Å². The summed E-state index contributed by atoms with van der Waals surface area (Å²) in [7, 11) is 1.56. The summed E-state index contributed by atoms with van der Waals surface area (Å²) in [6.45, 7) is 0. The largest absolute Gasteiger partial charge is 0.507 e. The van der Waals surface area contributed by atoms with Crippen molar-refractivity contribution in [2.45, 2.75) is 0 Å². The standard InChI is InChI=1S/C18H13BrO4/c1-22-16-4-2-3-12-10-17(23-18(12)16)15(21)8-6-11-5-7-14(20)13(19)9-11/h2-10,20H,1H3. The summed E-state index contributed by atoms with van der Waals surface area (Å²) < 4.78 is 11.4. The van der Waals surface area contributed by atoms with Gasteiger partial charge < -0.3 is 14.3 Å². The molecule has 0 fully saturated rings. The van der Waals surface area contributed by atoms with E-state index in [0.717, 1.165) is 10.9 Å². The van der Waals surface area contributed by atoms with E-state index in [9.17, 15) is 9.90 Å². The van der Waals surface area contributed by atoms with Gasteiger partial charge in [0.25, 0.3) is 0 Å². The molecule has 0 aliphatic heterocycles. The van der Waals surface area contributed by atoms with Crippen molar-refractivity contribution in [3.8, 4) is 11.5 Å². The molecular weight excluding hydrogens is 360 g/mol. The molecule has 0 bridgehead atoms. The molecule has 0 aliphatic carbocycles. The second kappa shape index (κ2) is 6.30. The summed E-state index contributed by atoms with van der Waals surface area (Å²) in [5, 5.41) is 10.3. The zero-order valence-corrected chi connectivity index (χ0v) is 13.8. The molecule has 2 aromatic carbocycles. The van der Waals surface area contributed by atoms with Crippen LogP contribution in [0.3, 0.4) is 0 Å². The van der Waals surface area contributed by atoms with Crippen molar-refractivity contribution < 1.29 is 19.1 Å². The average molecular weight is 373 g/mol. The predicted octanol–water partition coefficient (Wildman–Crippen LogP) is 4.81. The van der Waals surface area contributed by atoms with Crippen molar-refractivity contribution in [2.75, 3.05) is 7.11 Å². The average Bonchev–Trinajstić information content (AvgIpc) is 2.99. The summed E-state index contributed by atoms with van der Waals surface area (Å²) in [6.07, 6.45) is 3.10. The molecule has 0 saturated heterocycles. The van der Waals surface area contributed by atoms with Gasteiger partial charge in [-0.15, -0.1) is 0 Å². The summed E-state index contributed by atoms with van der Waals surface area (Å²) >= 11 is 3.24. The molecule has 0 spiro atoms. The van der Waals surface area contributed by atoms with E-state index in [4.69, 9.17) is 9.15 Å². The van der Waals surface area contributed by atoms with Crippen LogP contribution in [0.1, 0.15) is 16.1 Å². The lowest BCUT2D eigenvalue weighted by molar-refractivity contribution is 0.102. The number of methoxy groups -OCH3 is 1. The minimum absolute atomic E-state index is 0.151. The number of fused-ring (bicyclic) bond motifs is 1. The first-order chi connectivity index (χ1) is 11.1. The Balaban J connectivity index is 1.88. The van der Waals surface area contributed by atoms with E-state index in [1.165, 1.54) is 6.08 Å². The fourth-order valence-corrected chi connectivity index (χ4v) is 2.60. The SMILES string of the molecule is COc1cccc2cc(C(=O)C=Cc3ccc(O)c(Br)c3)oc12. The molecule has 3 aromatic rings. The molecule has 116 valence electrons. The smallest absolute Gasteiger partial charge is 0.221 e. The summed E-state index contributed by atoms with van der Waals surface area (Å²) in [4.78, 5) is 12.3. The number of phenolic OH excluding ortho intramolecular Hbond substituents is 1. The Kier molecular flexibility index (Phi) is 4.21. The Morgan fingerprint density at radius 1 is 1.26 bits per heavy atom. The molecule has 5 heteroatoms. The number of ether oxygens (including phenoxy) is 1. The maximum absolute atomic E-state index is 12.3. The van der Waals surface area contributed by atoms with Gasteiger partial charge in [0, 0.05) is 5.39 Å². The second-order valence-electron chi connectivity index (χ2n) is 4.90. The number of furan rings is 1. The number of hydrogen-bond acceptors (Lipinski definition) is 4. The van der Waals surface area contributed by atoms with Gasteiger partial charge in [-0.2, -0.15) is 0 Å². The maximum Gasteiger partial charge on any atom is 0.221 e. The van der Waals surface area contributed by atoms with Crippen molar-refractivity contribution in [2.24, 2.45) is 0 Å². The first kappa shape index (κ1) is 15.4. The molecule has 1 heterocycles. The van der Waals surface area contributed by atoms with E-state index >= 15 is 0 Å². The van der Waals surface area contributed by atoms with Gasteiger partial charge in [-0.25, -0.2) is 0 Å². The van der Waals surface area contributed by atoms with Gasteiger partial charge in [0.15, 0.2) is 17.1 Å². The van der Waals surface area contributed by atoms with Crippen molar-refractivity contribution in [1.29, 1.82) is 0 Å². The highest BCUT2D eigenvalue weighted by molar-refractivity contribution is 9.10. The molecule has 0 aliphatic rings. The Labute approximate surface area is 141 Å². The molecule has 0 radical (unpaired) electrons. The Bertz CT molecular complexity index is 909. The highest BCUT2D eigenvalue weighted by Crippen LogP contribution is 2.29. The Morgan fingerprint density at radius 3 is 2.83 bits per heavy atom. The van der Waals surface area contributed by atoms with Gasteiger partial charge >= 0.3 is 0 Å². The van der Waals surface area contributed by atoms with Gasteiger partial charge in [0.1, 0.15) is 5.75 Å². The lowest BCUT2D eigenvalue weighted by atomic mass is 10.1. The van der Waals surface area contributed by atoms with Crippen LogP contribution in [0.4, 0.5) is 0 Å². The van der Waals surface area contributed by atoms with Gasteiger partial charge in [-0.1, -0.05) is 24.3 Å². The van der Waals surface area contributed by atoms with E-state index in [0.29, 0.717) is 15.8 Å². The van der Waals surface area contributed by atoms with Crippen LogP contribution in [0.25, 0.3) is 17.0 Å². The molecule has 23 heavy (non-hydrogen) atoms. The van der Waals surface area contributed by atoms with Crippen molar-refractivity contribution in [3.63, 3.8) is 0 Å². The van der Waals surface area contributed by atoms with Crippen LogP contribution in [0.2, 0.25) is 0 Å². The molecule has 0 atom stereocenters. The quantitative estimate of drug-likeness (QED) is 0.527. The van der Waals surface area contributed by atoms with E-state index < -0.39 is 0 Å².